The molecule has 0 aliphatic rings. The molecule has 0 N–H and O–H groups in total. The Kier molecular flexibility index (Phi) is 4.11. The number of rotatable bonds is 3. The minimum atomic E-state index is -0.0302. The van der Waals surface area contributed by atoms with Crippen molar-refractivity contribution in [1.82, 2.24) is 9.38 Å². The van der Waals surface area contributed by atoms with Crippen LogP contribution in [0.15, 0.2) is 95.8 Å². The number of hydrogen-bond donors (Lipinski definition) is 0. The lowest BCUT2D eigenvalue weighted by atomic mass is 10.1. The quantitative estimate of drug-likeness (QED) is 0.457. The van der Waals surface area contributed by atoms with E-state index in [4.69, 9.17) is 4.98 Å². The van der Waals surface area contributed by atoms with Gasteiger partial charge in [0.15, 0.2) is 4.96 Å². The zero-order valence-corrected chi connectivity index (χ0v) is 15.8. The molecule has 3 aromatic carbocycles. The lowest BCUT2D eigenvalue weighted by molar-refractivity contribution is 1.15. The molecule has 0 atom stereocenters. The number of imidazole rings is 1. The zero-order chi connectivity index (χ0) is 18.9. The molecule has 134 valence electrons. The fourth-order valence-electron chi connectivity index (χ4n) is 3.36. The Balaban J connectivity index is 1.82. The van der Waals surface area contributed by atoms with Crippen molar-refractivity contribution < 1.29 is 0 Å². The molecule has 0 spiro atoms. The standard InChI is InChI=1S/C24H16N2OS/c27-23-20(16-17-10-4-1-5-11-17)28-24-25-21(18-12-6-2-7-13-18)22(26(23)24)19-14-8-3-9-15-19/h1-16H. The Hall–Kier alpha value is -3.50. The van der Waals surface area contributed by atoms with Gasteiger partial charge in [0.25, 0.3) is 5.56 Å². The third-order valence-electron chi connectivity index (χ3n) is 4.65. The summed E-state index contributed by atoms with van der Waals surface area (Å²) in [5.74, 6) is 0. The summed E-state index contributed by atoms with van der Waals surface area (Å²) < 4.78 is 2.43. The van der Waals surface area contributed by atoms with Crippen molar-refractivity contribution in [3.8, 4) is 22.5 Å². The minimum absolute atomic E-state index is 0.0302. The fraction of sp³-hybridized carbons (Fsp3) is 0. The largest absolute Gasteiger partial charge is 0.274 e. The number of fused-ring (bicyclic) bond motifs is 1. The van der Waals surface area contributed by atoms with Gasteiger partial charge in [0.05, 0.1) is 15.9 Å². The highest BCUT2D eigenvalue weighted by Gasteiger charge is 2.19. The van der Waals surface area contributed by atoms with Crippen LogP contribution in [0.3, 0.4) is 0 Å². The Bertz CT molecular complexity index is 1350. The number of aromatic nitrogens is 2. The van der Waals surface area contributed by atoms with E-state index in [0.29, 0.717) is 9.49 Å². The van der Waals surface area contributed by atoms with Crippen molar-refractivity contribution >= 4 is 22.4 Å². The third-order valence-corrected chi connectivity index (χ3v) is 5.62. The number of nitrogens with zero attached hydrogens (tertiary/aromatic N) is 2. The zero-order valence-electron chi connectivity index (χ0n) is 14.9. The summed E-state index contributed by atoms with van der Waals surface area (Å²) in [6, 6.07) is 29.9. The molecule has 5 rings (SSSR count). The molecule has 0 aliphatic heterocycles. The summed E-state index contributed by atoms with van der Waals surface area (Å²) in [5.41, 5.74) is 4.64. The first kappa shape index (κ1) is 16.7. The highest BCUT2D eigenvalue weighted by atomic mass is 32.1. The minimum Gasteiger partial charge on any atom is -0.267 e. The van der Waals surface area contributed by atoms with E-state index in [1.54, 1.807) is 4.40 Å². The van der Waals surface area contributed by atoms with E-state index in [0.717, 1.165) is 28.1 Å². The molecule has 0 bridgehead atoms. The SMILES string of the molecule is O=c1c(=Cc2ccccc2)sc2nc(-c3ccccc3)c(-c3ccccc3)n12. The average molecular weight is 380 g/mol. The molecule has 5 aromatic rings. The van der Waals surface area contributed by atoms with Crippen LogP contribution < -0.4 is 10.1 Å². The Morgan fingerprint density at radius 2 is 1.32 bits per heavy atom. The second kappa shape index (κ2) is 6.91. The van der Waals surface area contributed by atoms with Crippen LogP contribution in [-0.2, 0) is 0 Å². The van der Waals surface area contributed by atoms with Gasteiger partial charge in [0, 0.05) is 11.1 Å². The summed E-state index contributed by atoms with van der Waals surface area (Å²) in [7, 11) is 0. The summed E-state index contributed by atoms with van der Waals surface area (Å²) in [6.45, 7) is 0. The van der Waals surface area contributed by atoms with Gasteiger partial charge in [0.2, 0.25) is 0 Å². The van der Waals surface area contributed by atoms with E-state index in [2.05, 4.69) is 0 Å². The van der Waals surface area contributed by atoms with Crippen LogP contribution in [0.4, 0.5) is 0 Å². The predicted octanol–water partition coefficient (Wildman–Crippen LogP) is 4.64. The summed E-state index contributed by atoms with van der Waals surface area (Å²) in [6.07, 6.45) is 1.93. The smallest absolute Gasteiger partial charge is 0.267 e. The number of benzene rings is 3. The molecule has 0 saturated carbocycles. The Morgan fingerprint density at radius 3 is 1.96 bits per heavy atom. The molecule has 0 unspecified atom stereocenters. The molecule has 0 amide bonds. The van der Waals surface area contributed by atoms with Crippen LogP contribution in [0.5, 0.6) is 0 Å². The topological polar surface area (TPSA) is 34.4 Å². The van der Waals surface area contributed by atoms with Gasteiger partial charge < -0.3 is 0 Å². The summed E-state index contributed by atoms with van der Waals surface area (Å²) in [4.78, 5) is 18.8. The summed E-state index contributed by atoms with van der Waals surface area (Å²) in [5, 5.41) is 0. The van der Waals surface area contributed by atoms with Gasteiger partial charge in [-0.15, -0.1) is 0 Å². The molecular weight excluding hydrogens is 364 g/mol. The van der Waals surface area contributed by atoms with Crippen LogP contribution in [-0.4, -0.2) is 9.38 Å². The first-order chi connectivity index (χ1) is 13.8. The van der Waals surface area contributed by atoms with Crippen LogP contribution in [0, 0.1) is 0 Å². The molecular formula is C24H16N2OS. The maximum Gasteiger partial charge on any atom is 0.274 e. The molecule has 0 radical (unpaired) electrons. The number of hydrogen-bond acceptors (Lipinski definition) is 3. The molecule has 0 aliphatic carbocycles. The van der Waals surface area contributed by atoms with Gasteiger partial charge >= 0.3 is 0 Å². The van der Waals surface area contributed by atoms with Gasteiger partial charge in [-0.25, -0.2) is 9.38 Å². The summed E-state index contributed by atoms with van der Waals surface area (Å²) >= 11 is 1.43. The van der Waals surface area contributed by atoms with E-state index < -0.39 is 0 Å². The second-order valence-electron chi connectivity index (χ2n) is 6.49. The molecule has 2 aromatic heterocycles. The number of thiazole rings is 1. The van der Waals surface area contributed by atoms with E-state index in [1.165, 1.54) is 11.3 Å². The van der Waals surface area contributed by atoms with Crippen LogP contribution in [0.1, 0.15) is 5.56 Å². The molecule has 0 saturated heterocycles. The first-order valence-electron chi connectivity index (χ1n) is 9.04. The Morgan fingerprint density at radius 1 is 0.750 bits per heavy atom. The van der Waals surface area contributed by atoms with Gasteiger partial charge in [0.1, 0.15) is 0 Å². The second-order valence-corrected chi connectivity index (χ2v) is 7.49. The van der Waals surface area contributed by atoms with E-state index in [9.17, 15) is 4.79 Å². The van der Waals surface area contributed by atoms with Crippen molar-refractivity contribution in [3.63, 3.8) is 0 Å². The van der Waals surface area contributed by atoms with Crippen molar-refractivity contribution in [2.45, 2.75) is 0 Å². The normalized spacial score (nSPS) is 11.9. The monoisotopic (exact) mass is 380 g/mol. The lowest BCUT2D eigenvalue weighted by Crippen LogP contribution is -2.23. The van der Waals surface area contributed by atoms with Crippen LogP contribution >= 0.6 is 11.3 Å². The van der Waals surface area contributed by atoms with Crippen molar-refractivity contribution in [2.75, 3.05) is 0 Å². The lowest BCUT2D eigenvalue weighted by Gasteiger charge is -2.04. The van der Waals surface area contributed by atoms with Gasteiger partial charge in [-0.05, 0) is 11.6 Å². The van der Waals surface area contributed by atoms with E-state index >= 15 is 0 Å². The van der Waals surface area contributed by atoms with Crippen molar-refractivity contribution in [3.05, 3.63) is 111 Å². The first-order valence-corrected chi connectivity index (χ1v) is 9.86. The highest BCUT2D eigenvalue weighted by molar-refractivity contribution is 7.15. The van der Waals surface area contributed by atoms with E-state index in [-0.39, 0.29) is 5.56 Å². The third kappa shape index (κ3) is 2.84. The fourth-order valence-corrected chi connectivity index (χ4v) is 4.33. The predicted molar refractivity (Wildman–Crippen MR) is 115 cm³/mol. The molecule has 28 heavy (non-hydrogen) atoms. The van der Waals surface area contributed by atoms with Crippen molar-refractivity contribution in [2.24, 2.45) is 0 Å². The maximum absolute atomic E-state index is 13.3. The van der Waals surface area contributed by atoms with Gasteiger partial charge in [-0.2, -0.15) is 0 Å². The molecule has 3 nitrogen and oxygen atoms in total. The van der Waals surface area contributed by atoms with Gasteiger partial charge in [-0.1, -0.05) is 102 Å². The van der Waals surface area contributed by atoms with Crippen LogP contribution in [0.2, 0.25) is 0 Å². The molecule has 4 heteroatoms. The average Bonchev–Trinajstić information content (AvgIpc) is 3.27. The molecule has 0 fully saturated rings. The van der Waals surface area contributed by atoms with Crippen LogP contribution in [0.25, 0.3) is 33.6 Å². The Labute approximate surface area is 165 Å². The van der Waals surface area contributed by atoms with Crippen molar-refractivity contribution in [1.29, 1.82) is 0 Å². The van der Waals surface area contributed by atoms with E-state index in [1.807, 2.05) is 97.1 Å². The van der Waals surface area contributed by atoms with Gasteiger partial charge in [-0.3, -0.25) is 4.79 Å². The highest BCUT2D eigenvalue weighted by Crippen LogP contribution is 2.32. The molecule has 2 heterocycles. The maximum atomic E-state index is 13.3.